The van der Waals surface area contributed by atoms with Crippen molar-refractivity contribution >= 4 is 33.3 Å². The largest absolute Gasteiger partial charge is 0.351 e. The van der Waals surface area contributed by atoms with Gasteiger partial charge in [-0.1, -0.05) is 6.42 Å². The molecular formula is C15H21BrClN3. The molecule has 2 aliphatic rings. The van der Waals surface area contributed by atoms with Crippen LogP contribution in [0.5, 0.6) is 0 Å². The molecule has 5 heteroatoms. The van der Waals surface area contributed by atoms with Gasteiger partial charge in [0.25, 0.3) is 0 Å². The molecule has 2 atom stereocenters. The molecule has 0 aliphatic carbocycles. The van der Waals surface area contributed by atoms with Crippen molar-refractivity contribution in [2.24, 2.45) is 0 Å². The molecule has 0 radical (unpaired) electrons. The molecule has 2 fully saturated rings. The number of piperazine rings is 1. The Morgan fingerprint density at radius 3 is 3.05 bits per heavy atom. The molecule has 0 amide bonds. The second-order valence-corrected chi connectivity index (χ2v) is 7.10. The lowest BCUT2D eigenvalue weighted by Crippen LogP contribution is -2.59. The summed E-state index contributed by atoms with van der Waals surface area (Å²) >= 11 is 9.59. The number of nitrogens with zero attached hydrogens (tertiary/aromatic N) is 3. The predicted octanol–water partition coefficient (Wildman–Crippen LogP) is 3.65. The van der Waals surface area contributed by atoms with Crippen LogP contribution in [-0.2, 0) is 5.88 Å². The molecule has 2 aliphatic heterocycles. The summed E-state index contributed by atoms with van der Waals surface area (Å²) in [6, 6.07) is 3.28. The molecule has 0 saturated carbocycles. The van der Waals surface area contributed by atoms with Gasteiger partial charge < -0.3 is 4.90 Å². The normalized spacial score (nSPS) is 27.4. The zero-order valence-corrected chi connectivity index (χ0v) is 14.2. The maximum atomic E-state index is 6.11. The number of piperidine rings is 1. The molecule has 0 bridgehead atoms. The summed E-state index contributed by atoms with van der Waals surface area (Å²) in [7, 11) is 0. The highest BCUT2D eigenvalue weighted by Gasteiger charge is 2.34. The SMILES string of the molecule is CC1CN2CCCCC2CN1c1ncc(Br)cc1CCl. The van der Waals surface area contributed by atoms with Crippen LogP contribution in [0.15, 0.2) is 16.7 Å². The lowest BCUT2D eigenvalue weighted by Gasteiger charge is -2.48. The van der Waals surface area contributed by atoms with Gasteiger partial charge in [0.05, 0.1) is 5.88 Å². The van der Waals surface area contributed by atoms with E-state index < -0.39 is 0 Å². The zero-order valence-electron chi connectivity index (χ0n) is 11.9. The Morgan fingerprint density at radius 1 is 1.40 bits per heavy atom. The topological polar surface area (TPSA) is 19.4 Å². The molecule has 3 heterocycles. The summed E-state index contributed by atoms with van der Waals surface area (Å²) in [6.45, 7) is 5.79. The van der Waals surface area contributed by atoms with E-state index in [1.165, 1.54) is 25.8 Å². The standard InChI is InChI=1S/C15H21BrClN3/c1-11-9-19-5-3-2-4-14(19)10-20(11)15-12(7-17)6-13(16)8-18-15/h6,8,11,14H,2-5,7,9-10H2,1H3. The van der Waals surface area contributed by atoms with E-state index in [0.29, 0.717) is 18.0 Å². The van der Waals surface area contributed by atoms with Gasteiger partial charge in [-0.2, -0.15) is 0 Å². The van der Waals surface area contributed by atoms with E-state index in [2.05, 4.69) is 43.7 Å². The quantitative estimate of drug-likeness (QED) is 0.752. The van der Waals surface area contributed by atoms with Crippen molar-refractivity contribution in [3.05, 3.63) is 22.3 Å². The fourth-order valence-corrected chi connectivity index (χ4v) is 4.05. The minimum Gasteiger partial charge on any atom is -0.351 e. The van der Waals surface area contributed by atoms with Crippen LogP contribution >= 0.6 is 27.5 Å². The number of aromatic nitrogens is 1. The number of fused-ring (bicyclic) bond motifs is 1. The molecule has 1 aromatic rings. The molecule has 110 valence electrons. The van der Waals surface area contributed by atoms with E-state index in [0.717, 1.165) is 28.9 Å². The van der Waals surface area contributed by atoms with Gasteiger partial charge in [-0.15, -0.1) is 11.6 Å². The van der Waals surface area contributed by atoms with Gasteiger partial charge in [0.2, 0.25) is 0 Å². The van der Waals surface area contributed by atoms with Crippen LogP contribution in [0.4, 0.5) is 5.82 Å². The highest BCUT2D eigenvalue weighted by Crippen LogP contribution is 2.30. The fraction of sp³-hybridized carbons (Fsp3) is 0.667. The first-order valence-electron chi connectivity index (χ1n) is 7.40. The van der Waals surface area contributed by atoms with Crippen LogP contribution in [0.2, 0.25) is 0 Å². The predicted molar refractivity (Wildman–Crippen MR) is 87.5 cm³/mol. The molecular weight excluding hydrogens is 338 g/mol. The zero-order chi connectivity index (χ0) is 14.1. The monoisotopic (exact) mass is 357 g/mol. The number of anilines is 1. The molecule has 2 unspecified atom stereocenters. The third-order valence-corrected chi connectivity index (χ3v) is 5.23. The van der Waals surface area contributed by atoms with Crippen LogP contribution in [0.3, 0.4) is 0 Å². The van der Waals surface area contributed by atoms with Crippen molar-refractivity contribution in [1.29, 1.82) is 0 Å². The molecule has 20 heavy (non-hydrogen) atoms. The summed E-state index contributed by atoms with van der Waals surface area (Å²) < 4.78 is 1.00. The van der Waals surface area contributed by atoms with Gasteiger partial charge >= 0.3 is 0 Å². The van der Waals surface area contributed by atoms with Gasteiger partial charge in [-0.3, -0.25) is 4.90 Å². The lowest BCUT2D eigenvalue weighted by atomic mass is 9.97. The van der Waals surface area contributed by atoms with E-state index in [9.17, 15) is 0 Å². The summed E-state index contributed by atoms with van der Waals surface area (Å²) in [5.74, 6) is 1.58. The van der Waals surface area contributed by atoms with Crippen molar-refractivity contribution in [3.63, 3.8) is 0 Å². The van der Waals surface area contributed by atoms with E-state index in [1.54, 1.807) is 0 Å². The smallest absolute Gasteiger partial charge is 0.133 e. The summed E-state index contributed by atoms with van der Waals surface area (Å²) in [6.07, 6.45) is 5.91. The molecule has 1 aromatic heterocycles. The van der Waals surface area contributed by atoms with E-state index >= 15 is 0 Å². The first kappa shape index (κ1) is 14.6. The molecule has 0 spiro atoms. The van der Waals surface area contributed by atoms with Crippen LogP contribution in [0.1, 0.15) is 31.7 Å². The lowest BCUT2D eigenvalue weighted by molar-refractivity contribution is 0.115. The summed E-state index contributed by atoms with van der Waals surface area (Å²) in [5.41, 5.74) is 1.12. The summed E-state index contributed by atoms with van der Waals surface area (Å²) in [5, 5.41) is 0. The number of pyridine rings is 1. The minimum atomic E-state index is 0.500. The highest BCUT2D eigenvalue weighted by atomic mass is 79.9. The fourth-order valence-electron chi connectivity index (χ4n) is 3.48. The van der Waals surface area contributed by atoms with Gasteiger partial charge in [0.15, 0.2) is 0 Å². The van der Waals surface area contributed by atoms with Gasteiger partial charge in [-0.05, 0) is 48.3 Å². The molecule has 2 saturated heterocycles. The third kappa shape index (κ3) is 2.83. The number of halogens is 2. The molecule has 0 N–H and O–H groups in total. The van der Waals surface area contributed by atoms with E-state index in [-0.39, 0.29) is 0 Å². The van der Waals surface area contributed by atoms with Crippen LogP contribution in [-0.4, -0.2) is 41.6 Å². The average molecular weight is 359 g/mol. The van der Waals surface area contributed by atoms with Crippen molar-refractivity contribution in [3.8, 4) is 0 Å². The van der Waals surface area contributed by atoms with Gasteiger partial charge in [-0.25, -0.2) is 4.98 Å². The number of hydrogen-bond acceptors (Lipinski definition) is 3. The van der Waals surface area contributed by atoms with Crippen molar-refractivity contribution in [1.82, 2.24) is 9.88 Å². The number of alkyl halides is 1. The Kier molecular flexibility index (Phi) is 4.53. The maximum Gasteiger partial charge on any atom is 0.133 e. The first-order chi connectivity index (χ1) is 9.69. The van der Waals surface area contributed by atoms with Gasteiger partial charge in [0, 0.05) is 41.4 Å². The molecule has 3 nitrogen and oxygen atoms in total. The van der Waals surface area contributed by atoms with E-state index in [1.807, 2.05) is 6.20 Å². The van der Waals surface area contributed by atoms with Gasteiger partial charge in [0.1, 0.15) is 5.82 Å². The van der Waals surface area contributed by atoms with Crippen LogP contribution < -0.4 is 4.90 Å². The van der Waals surface area contributed by atoms with Crippen LogP contribution in [0.25, 0.3) is 0 Å². The minimum absolute atomic E-state index is 0.500. The van der Waals surface area contributed by atoms with Crippen molar-refractivity contribution in [2.45, 2.75) is 44.1 Å². The van der Waals surface area contributed by atoms with Crippen molar-refractivity contribution in [2.75, 3.05) is 24.5 Å². The Morgan fingerprint density at radius 2 is 2.25 bits per heavy atom. The Bertz CT molecular complexity index is 482. The Balaban J connectivity index is 1.85. The van der Waals surface area contributed by atoms with Crippen LogP contribution in [0, 0.1) is 0 Å². The first-order valence-corrected chi connectivity index (χ1v) is 8.73. The van der Waals surface area contributed by atoms with Crippen molar-refractivity contribution < 1.29 is 0 Å². The third-order valence-electron chi connectivity index (χ3n) is 4.51. The Labute approximate surface area is 134 Å². The number of rotatable bonds is 2. The second kappa shape index (κ2) is 6.20. The molecule has 0 aromatic carbocycles. The maximum absolute atomic E-state index is 6.11. The highest BCUT2D eigenvalue weighted by molar-refractivity contribution is 9.10. The average Bonchev–Trinajstić information content (AvgIpc) is 2.46. The second-order valence-electron chi connectivity index (χ2n) is 5.92. The Hall–Kier alpha value is -0.320. The summed E-state index contributed by atoms with van der Waals surface area (Å²) in [4.78, 5) is 9.75. The van der Waals surface area contributed by atoms with E-state index in [4.69, 9.17) is 11.6 Å². The number of hydrogen-bond donors (Lipinski definition) is 0. The molecule has 3 rings (SSSR count).